The molecule has 0 saturated carbocycles. The average molecular weight is 543 g/mol. The maximum atomic E-state index is 13.2. The minimum atomic E-state index is -0.342. The van der Waals surface area contributed by atoms with Crippen molar-refractivity contribution >= 4 is 41.5 Å². The molecule has 1 heterocycles. The van der Waals surface area contributed by atoms with E-state index in [1.54, 1.807) is 31.3 Å². The largest absolute Gasteiger partial charge is 0.368 e. The summed E-state index contributed by atoms with van der Waals surface area (Å²) in [4.78, 5) is 20.7. The molecule has 2 aromatic rings. The van der Waals surface area contributed by atoms with Crippen LogP contribution in [0.25, 0.3) is 0 Å². The van der Waals surface area contributed by atoms with Crippen LogP contribution in [0.5, 0.6) is 0 Å². The van der Waals surface area contributed by atoms with Gasteiger partial charge in [0.15, 0.2) is 5.96 Å². The van der Waals surface area contributed by atoms with Crippen molar-refractivity contribution < 1.29 is 13.6 Å². The van der Waals surface area contributed by atoms with Gasteiger partial charge in [0, 0.05) is 52.0 Å². The first-order valence-corrected chi connectivity index (χ1v) is 10.0. The molecule has 168 valence electrons. The summed E-state index contributed by atoms with van der Waals surface area (Å²) in [6, 6.07) is 12.6. The lowest BCUT2D eigenvalue weighted by Gasteiger charge is -2.37. The smallest absolute Gasteiger partial charge is 0.224 e. The molecule has 9 heteroatoms. The van der Waals surface area contributed by atoms with Gasteiger partial charge in [-0.25, -0.2) is 8.78 Å². The van der Waals surface area contributed by atoms with E-state index < -0.39 is 0 Å². The zero-order valence-electron chi connectivity index (χ0n) is 17.5. The van der Waals surface area contributed by atoms with Gasteiger partial charge < -0.3 is 20.4 Å². The van der Waals surface area contributed by atoms with E-state index in [2.05, 4.69) is 25.4 Å². The van der Waals surface area contributed by atoms with Crippen molar-refractivity contribution in [1.82, 2.24) is 15.5 Å². The molecule has 1 amide bonds. The quantitative estimate of drug-likeness (QED) is 0.255. The van der Waals surface area contributed by atoms with Crippen LogP contribution in [-0.4, -0.2) is 63.1 Å². The zero-order valence-corrected chi connectivity index (χ0v) is 19.8. The van der Waals surface area contributed by atoms with Gasteiger partial charge in [0.2, 0.25) is 5.91 Å². The minimum absolute atomic E-state index is 0. The SMILES string of the molecule is CN=C(NCCNC(=O)Cc1cccc(F)c1)N1CCN(c2ccc(F)cc2)CC1.I. The van der Waals surface area contributed by atoms with Crippen LogP contribution in [0, 0.1) is 11.6 Å². The number of piperazine rings is 1. The van der Waals surface area contributed by atoms with Gasteiger partial charge in [-0.2, -0.15) is 0 Å². The topological polar surface area (TPSA) is 60.0 Å². The second kappa shape index (κ2) is 12.4. The Hall–Kier alpha value is -2.43. The Morgan fingerprint density at radius 3 is 2.29 bits per heavy atom. The highest BCUT2D eigenvalue weighted by Gasteiger charge is 2.19. The van der Waals surface area contributed by atoms with Crippen molar-refractivity contribution in [3.05, 3.63) is 65.7 Å². The number of hydrogen-bond donors (Lipinski definition) is 2. The second-order valence-corrected chi connectivity index (χ2v) is 7.08. The standard InChI is InChI=1S/C22H27F2N5O.HI/c1-25-22(27-10-9-26-21(30)16-17-3-2-4-19(24)15-17)29-13-11-28(12-14-29)20-7-5-18(23)6-8-20;/h2-8,15H,9-14,16H2,1H3,(H,25,27)(H,26,30);1H. The highest BCUT2D eigenvalue weighted by atomic mass is 127. The third kappa shape index (κ3) is 7.64. The van der Waals surface area contributed by atoms with E-state index in [1.165, 1.54) is 24.3 Å². The third-order valence-electron chi connectivity index (χ3n) is 4.97. The number of anilines is 1. The number of nitrogens with zero attached hydrogens (tertiary/aromatic N) is 3. The van der Waals surface area contributed by atoms with E-state index in [0.717, 1.165) is 37.8 Å². The zero-order chi connectivity index (χ0) is 21.3. The highest BCUT2D eigenvalue weighted by molar-refractivity contribution is 14.0. The Morgan fingerprint density at radius 2 is 1.65 bits per heavy atom. The summed E-state index contributed by atoms with van der Waals surface area (Å²) >= 11 is 0. The average Bonchev–Trinajstić information content (AvgIpc) is 2.75. The Balaban J connectivity index is 0.00000341. The van der Waals surface area contributed by atoms with Crippen LogP contribution in [0.4, 0.5) is 14.5 Å². The number of nitrogens with one attached hydrogen (secondary N) is 2. The molecule has 0 atom stereocenters. The van der Waals surface area contributed by atoms with Gasteiger partial charge in [-0.15, -0.1) is 24.0 Å². The molecule has 6 nitrogen and oxygen atoms in total. The first-order chi connectivity index (χ1) is 14.5. The van der Waals surface area contributed by atoms with Crippen LogP contribution in [0.2, 0.25) is 0 Å². The van der Waals surface area contributed by atoms with E-state index in [1.807, 2.05) is 0 Å². The van der Waals surface area contributed by atoms with Crippen molar-refractivity contribution in [3.63, 3.8) is 0 Å². The number of rotatable bonds is 6. The molecule has 2 N–H and O–H groups in total. The van der Waals surface area contributed by atoms with Crippen LogP contribution in [0.15, 0.2) is 53.5 Å². The number of carbonyl (C=O) groups is 1. The van der Waals surface area contributed by atoms with Crippen LogP contribution < -0.4 is 15.5 Å². The number of benzene rings is 2. The van der Waals surface area contributed by atoms with Crippen molar-refractivity contribution in [1.29, 1.82) is 0 Å². The first-order valence-electron chi connectivity index (χ1n) is 10.0. The van der Waals surface area contributed by atoms with Gasteiger partial charge in [0.05, 0.1) is 6.42 Å². The molecule has 0 radical (unpaired) electrons. The molecule has 0 aliphatic carbocycles. The van der Waals surface area contributed by atoms with Gasteiger partial charge in [0.1, 0.15) is 11.6 Å². The molecule has 31 heavy (non-hydrogen) atoms. The molecular formula is C22H28F2IN5O. The fourth-order valence-corrected chi connectivity index (χ4v) is 3.43. The Labute approximate surface area is 198 Å². The lowest BCUT2D eigenvalue weighted by atomic mass is 10.1. The number of amides is 1. The fraction of sp³-hybridized carbons (Fsp3) is 0.364. The lowest BCUT2D eigenvalue weighted by molar-refractivity contribution is -0.120. The summed E-state index contributed by atoms with van der Waals surface area (Å²) in [5.41, 5.74) is 1.66. The van der Waals surface area contributed by atoms with Crippen LogP contribution in [0.1, 0.15) is 5.56 Å². The summed E-state index contributed by atoms with van der Waals surface area (Å²) in [6.07, 6.45) is 0.151. The molecule has 1 fully saturated rings. The molecule has 0 spiro atoms. The number of hydrogen-bond acceptors (Lipinski definition) is 3. The van der Waals surface area contributed by atoms with Crippen molar-refractivity contribution in [3.8, 4) is 0 Å². The minimum Gasteiger partial charge on any atom is -0.368 e. The summed E-state index contributed by atoms with van der Waals surface area (Å²) in [5, 5.41) is 6.09. The Bertz CT molecular complexity index is 870. The van der Waals surface area contributed by atoms with Gasteiger partial charge in [-0.05, 0) is 42.0 Å². The molecule has 1 saturated heterocycles. The van der Waals surface area contributed by atoms with Crippen molar-refractivity contribution in [2.75, 3.05) is 51.2 Å². The summed E-state index contributed by atoms with van der Waals surface area (Å²) in [6.45, 7) is 4.21. The Kier molecular flexibility index (Phi) is 9.96. The van der Waals surface area contributed by atoms with E-state index in [0.29, 0.717) is 18.7 Å². The predicted octanol–water partition coefficient (Wildman–Crippen LogP) is 2.64. The number of aliphatic imine (C=N–C) groups is 1. The molecule has 2 aromatic carbocycles. The normalized spacial score (nSPS) is 14.1. The number of carbonyl (C=O) groups excluding carboxylic acids is 1. The van der Waals surface area contributed by atoms with E-state index in [-0.39, 0.29) is 47.9 Å². The summed E-state index contributed by atoms with van der Waals surface area (Å²) in [7, 11) is 1.73. The molecule has 0 bridgehead atoms. The highest BCUT2D eigenvalue weighted by Crippen LogP contribution is 2.16. The molecule has 1 aliphatic heterocycles. The summed E-state index contributed by atoms with van der Waals surface area (Å²) in [5.74, 6) is 0.0636. The molecule has 3 rings (SSSR count). The monoisotopic (exact) mass is 543 g/mol. The maximum absolute atomic E-state index is 13.2. The Morgan fingerprint density at radius 1 is 0.968 bits per heavy atom. The lowest BCUT2D eigenvalue weighted by Crippen LogP contribution is -2.53. The van der Waals surface area contributed by atoms with Gasteiger partial charge in [0.25, 0.3) is 0 Å². The predicted molar refractivity (Wildman–Crippen MR) is 130 cm³/mol. The molecular weight excluding hydrogens is 515 g/mol. The molecule has 0 aromatic heterocycles. The third-order valence-corrected chi connectivity index (χ3v) is 4.97. The van der Waals surface area contributed by atoms with Crippen LogP contribution in [0.3, 0.4) is 0 Å². The van der Waals surface area contributed by atoms with E-state index in [9.17, 15) is 13.6 Å². The van der Waals surface area contributed by atoms with Crippen molar-refractivity contribution in [2.24, 2.45) is 4.99 Å². The van der Waals surface area contributed by atoms with Crippen molar-refractivity contribution in [2.45, 2.75) is 6.42 Å². The molecule has 1 aliphatic rings. The van der Waals surface area contributed by atoms with Crippen LogP contribution >= 0.6 is 24.0 Å². The van der Waals surface area contributed by atoms with E-state index in [4.69, 9.17) is 0 Å². The van der Waals surface area contributed by atoms with Gasteiger partial charge in [-0.1, -0.05) is 12.1 Å². The van der Waals surface area contributed by atoms with E-state index >= 15 is 0 Å². The first kappa shape index (κ1) is 24.8. The van der Waals surface area contributed by atoms with Crippen LogP contribution in [-0.2, 0) is 11.2 Å². The second-order valence-electron chi connectivity index (χ2n) is 7.08. The van der Waals surface area contributed by atoms with Gasteiger partial charge >= 0.3 is 0 Å². The molecule has 0 unspecified atom stereocenters. The summed E-state index contributed by atoms with van der Waals surface area (Å²) < 4.78 is 26.3. The number of halogens is 3. The fourth-order valence-electron chi connectivity index (χ4n) is 3.43. The maximum Gasteiger partial charge on any atom is 0.224 e. The number of guanidine groups is 1. The van der Waals surface area contributed by atoms with Gasteiger partial charge in [-0.3, -0.25) is 9.79 Å².